The van der Waals surface area contributed by atoms with Crippen LogP contribution in [0.1, 0.15) is 39.6 Å². The molecular formula is C27H24ClN3O5. The first kappa shape index (κ1) is 24.9. The second-order valence-electron chi connectivity index (χ2n) is 8.21. The molecule has 3 aromatic rings. The summed E-state index contributed by atoms with van der Waals surface area (Å²) in [5.74, 6) is -1.79. The van der Waals surface area contributed by atoms with Crippen LogP contribution in [-0.4, -0.2) is 41.3 Å². The molecular weight excluding hydrogens is 482 g/mol. The molecule has 36 heavy (non-hydrogen) atoms. The lowest BCUT2D eigenvalue weighted by atomic mass is 10.1. The maximum atomic E-state index is 13.5. The molecule has 0 bridgehead atoms. The minimum absolute atomic E-state index is 0.159. The highest BCUT2D eigenvalue weighted by atomic mass is 35.5. The van der Waals surface area contributed by atoms with Gasteiger partial charge in [0.15, 0.2) is 0 Å². The first-order chi connectivity index (χ1) is 17.3. The third kappa shape index (κ3) is 5.23. The smallest absolute Gasteiger partial charge is 0.273 e. The number of ether oxygens (including phenoxy) is 1. The Balaban J connectivity index is 1.66. The first-order valence-electron chi connectivity index (χ1n) is 11.3. The van der Waals surface area contributed by atoms with Gasteiger partial charge >= 0.3 is 0 Å². The lowest BCUT2D eigenvalue weighted by Gasteiger charge is -2.28. The molecule has 1 unspecified atom stereocenters. The molecule has 1 aliphatic heterocycles. The summed E-state index contributed by atoms with van der Waals surface area (Å²) in [4.78, 5) is 53.9. The molecule has 8 nitrogen and oxygen atoms in total. The SMILES string of the molecule is CCOc1ccc(N2C(=O)CC(N(NC(=O)c3cccc(C)c3)C(=O)c3cccc(Cl)c3)C2=O)cc1. The van der Waals surface area contributed by atoms with Crippen LogP contribution in [-0.2, 0) is 9.59 Å². The molecule has 0 aliphatic carbocycles. The number of amides is 4. The topological polar surface area (TPSA) is 96.0 Å². The summed E-state index contributed by atoms with van der Waals surface area (Å²) in [7, 11) is 0. The summed E-state index contributed by atoms with van der Waals surface area (Å²) in [5.41, 5.74) is 4.21. The van der Waals surface area contributed by atoms with Crippen molar-refractivity contribution in [2.75, 3.05) is 11.5 Å². The monoisotopic (exact) mass is 505 g/mol. The summed E-state index contributed by atoms with van der Waals surface area (Å²) >= 11 is 6.06. The highest BCUT2D eigenvalue weighted by Gasteiger charge is 2.45. The molecule has 1 N–H and O–H groups in total. The van der Waals surface area contributed by atoms with Gasteiger partial charge in [-0.05, 0) is 68.4 Å². The molecule has 1 atom stereocenters. The number of hydrogen-bond acceptors (Lipinski definition) is 5. The standard InChI is InChI=1S/C27H24ClN3O5/c1-3-36-22-12-10-21(11-13-22)30-24(32)16-23(27(30)35)31(26(34)19-8-5-9-20(28)15-19)29-25(33)18-7-4-6-17(2)14-18/h4-15,23H,3,16H2,1-2H3,(H,29,33). The molecule has 9 heteroatoms. The molecule has 1 aliphatic rings. The molecule has 184 valence electrons. The van der Waals surface area contributed by atoms with Crippen molar-refractivity contribution in [1.82, 2.24) is 10.4 Å². The van der Waals surface area contributed by atoms with Crippen LogP contribution in [0.4, 0.5) is 5.69 Å². The van der Waals surface area contributed by atoms with Gasteiger partial charge in [-0.15, -0.1) is 0 Å². The summed E-state index contributed by atoms with van der Waals surface area (Å²) < 4.78 is 5.42. The Morgan fingerprint density at radius 1 is 1.03 bits per heavy atom. The number of imide groups is 1. The largest absolute Gasteiger partial charge is 0.494 e. The zero-order valence-electron chi connectivity index (χ0n) is 19.7. The van der Waals surface area contributed by atoms with Gasteiger partial charge < -0.3 is 4.74 Å². The van der Waals surface area contributed by atoms with Gasteiger partial charge in [0.1, 0.15) is 11.8 Å². The van der Waals surface area contributed by atoms with Gasteiger partial charge in [0.05, 0.1) is 18.7 Å². The molecule has 0 saturated carbocycles. The van der Waals surface area contributed by atoms with Crippen LogP contribution in [0.25, 0.3) is 0 Å². The van der Waals surface area contributed by atoms with E-state index in [1.165, 1.54) is 12.1 Å². The normalized spacial score (nSPS) is 15.1. The number of carbonyl (C=O) groups excluding carboxylic acids is 4. The predicted molar refractivity (Wildman–Crippen MR) is 135 cm³/mol. The van der Waals surface area contributed by atoms with Crippen LogP contribution in [0.2, 0.25) is 5.02 Å². The fraction of sp³-hybridized carbons (Fsp3) is 0.185. The number of rotatable bonds is 6. The zero-order chi connectivity index (χ0) is 25.8. The highest BCUT2D eigenvalue weighted by Crippen LogP contribution is 2.28. The predicted octanol–water partition coefficient (Wildman–Crippen LogP) is 4.17. The van der Waals surface area contributed by atoms with Crippen molar-refractivity contribution in [3.63, 3.8) is 0 Å². The Hall–Kier alpha value is -4.17. The number of aryl methyl sites for hydroxylation is 1. The molecule has 0 spiro atoms. The van der Waals surface area contributed by atoms with E-state index in [9.17, 15) is 19.2 Å². The van der Waals surface area contributed by atoms with Crippen LogP contribution in [0.5, 0.6) is 5.75 Å². The minimum atomic E-state index is -1.25. The Morgan fingerprint density at radius 3 is 2.39 bits per heavy atom. The summed E-state index contributed by atoms with van der Waals surface area (Å²) in [6.07, 6.45) is -0.299. The van der Waals surface area contributed by atoms with Crippen molar-refractivity contribution in [3.8, 4) is 5.75 Å². The van der Waals surface area contributed by atoms with E-state index >= 15 is 0 Å². The number of hydrogen-bond donors (Lipinski definition) is 1. The van der Waals surface area contributed by atoms with E-state index in [1.54, 1.807) is 54.6 Å². The average molecular weight is 506 g/mol. The zero-order valence-corrected chi connectivity index (χ0v) is 20.5. The fourth-order valence-corrected chi connectivity index (χ4v) is 4.13. The van der Waals surface area contributed by atoms with E-state index in [0.717, 1.165) is 15.5 Å². The lowest BCUT2D eigenvalue weighted by Crippen LogP contribution is -2.54. The van der Waals surface area contributed by atoms with Gasteiger partial charge in [-0.1, -0.05) is 35.4 Å². The van der Waals surface area contributed by atoms with Gasteiger partial charge in [0.25, 0.3) is 17.7 Å². The fourth-order valence-electron chi connectivity index (χ4n) is 3.94. The summed E-state index contributed by atoms with van der Waals surface area (Å²) in [5, 5.41) is 1.24. The minimum Gasteiger partial charge on any atom is -0.494 e. The van der Waals surface area contributed by atoms with E-state index in [2.05, 4.69) is 5.43 Å². The highest BCUT2D eigenvalue weighted by molar-refractivity contribution is 6.31. The number of nitrogens with one attached hydrogen (secondary N) is 1. The molecule has 4 amide bonds. The quantitative estimate of drug-likeness (QED) is 0.401. The molecule has 1 heterocycles. The number of carbonyl (C=O) groups is 4. The Morgan fingerprint density at radius 2 is 1.72 bits per heavy atom. The van der Waals surface area contributed by atoms with Crippen molar-refractivity contribution in [2.45, 2.75) is 26.3 Å². The Kier molecular flexibility index (Phi) is 7.36. The maximum Gasteiger partial charge on any atom is 0.273 e. The van der Waals surface area contributed by atoms with Gasteiger partial charge in [0, 0.05) is 16.1 Å². The molecule has 0 radical (unpaired) electrons. The second kappa shape index (κ2) is 10.6. The van der Waals surface area contributed by atoms with E-state index in [0.29, 0.717) is 28.6 Å². The van der Waals surface area contributed by atoms with Crippen molar-refractivity contribution in [2.24, 2.45) is 0 Å². The Labute approximate surface area is 213 Å². The van der Waals surface area contributed by atoms with Gasteiger partial charge in [0.2, 0.25) is 5.91 Å². The molecule has 4 rings (SSSR count). The van der Waals surface area contributed by atoms with E-state index in [-0.39, 0.29) is 12.0 Å². The first-order valence-corrected chi connectivity index (χ1v) is 11.7. The van der Waals surface area contributed by atoms with Gasteiger partial charge in [-0.3, -0.25) is 24.6 Å². The van der Waals surface area contributed by atoms with Crippen LogP contribution in [0.15, 0.2) is 72.8 Å². The Bertz CT molecular complexity index is 1320. The van der Waals surface area contributed by atoms with Crippen molar-refractivity contribution < 1.29 is 23.9 Å². The third-order valence-electron chi connectivity index (χ3n) is 5.63. The van der Waals surface area contributed by atoms with Crippen molar-refractivity contribution in [1.29, 1.82) is 0 Å². The van der Waals surface area contributed by atoms with Gasteiger partial charge in [-0.2, -0.15) is 0 Å². The van der Waals surface area contributed by atoms with Crippen molar-refractivity contribution in [3.05, 3.63) is 94.5 Å². The summed E-state index contributed by atoms with van der Waals surface area (Å²) in [6, 6.07) is 18.2. The van der Waals surface area contributed by atoms with Crippen LogP contribution < -0.4 is 15.1 Å². The van der Waals surface area contributed by atoms with E-state index in [1.807, 2.05) is 19.9 Å². The molecule has 1 saturated heterocycles. The molecule has 1 fully saturated rings. The third-order valence-corrected chi connectivity index (χ3v) is 5.87. The number of halogens is 1. The molecule has 3 aromatic carbocycles. The van der Waals surface area contributed by atoms with Crippen LogP contribution in [0.3, 0.4) is 0 Å². The molecule has 0 aromatic heterocycles. The van der Waals surface area contributed by atoms with Crippen LogP contribution >= 0.6 is 11.6 Å². The maximum absolute atomic E-state index is 13.5. The number of benzene rings is 3. The second-order valence-corrected chi connectivity index (χ2v) is 8.65. The van der Waals surface area contributed by atoms with E-state index < -0.39 is 29.7 Å². The number of nitrogens with zero attached hydrogens (tertiary/aromatic N) is 2. The number of hydrazine groups is 1. The number of anilines is 1. The van der Waals surface area contributed by atoms with Crippen LogP contribution in [0, 0.1) is 6.92 Å². The summed E-state index contributed by atoms with van der Waals surface area (Å²) in [6.45, 7) is 4.16. The lowest BCUT2D eigenvalue weighted by molar-refractivity contribution is -0.122. The van der Waals surface area contributed by atoms with E-state index in [4.69, 9.17) is 16.3 Å². The van der Waals surface area contributed by atoms with Crippen molar-refractivity contribution >= 4 is 40.9 Å². The van der Waals surface area contributed by atoms with Gasteiger partial charge in [-0.25, -0.2) is 9.91 Å². The average Bonchev–Trinajstić information content (AvgIpc) is 3.16.